The number of nitrogens with two attached hydrogens (primary N) is 2. The lowest BCUT2D eigenvalue weighted by Gasteiger charge is -1.91. The van der Waals surface area contributed by atoms with Gasteiger partial charge >= 0.3 is 0 Å². The Morgan fingerprint density at radius 1 is 1.10 bits per heavy atom. The highest BCUT2D eigenvalue weighted by molar-refractivity contribution is 5.66. The van der Waals surface area contributed by atoms with Crippen LogP contribution in [0.5, 0.6) is 0 Å². The van der Waals surface area contributed by atoms with Gasteiger partial charge in [0.05, 0.1) is 0 Å². The number of imide groups is 1. The molecule has 0 fully saturated rings. The number of unbranched alkanes of at least 4 members (excludes halogenated alkanes) is 4. The predicted octanol–water partition coefficient (Wildman–Crippen LogP) is 2.89. The molecule has 1 aromatic carbocycles. The van der Waals surface area contributed by atoms with Gasteiger partial charge in [0.1, 0.15) is 0 Å². The van der Waals surface area contributed by atoms with Crippen molar-refractivity contribution in [1.82, 2.24) is 5.01 Å². The molecule has 0 aliphatic heterocycles. The first-order chi connectivity index (χ1) is 10.1. The van der Waals surface area contributed by atoms with Gasteiger partial charge in [0.25, 0.3) is 0 Å². The van der Waals surface area contributed by atoms with E-state index in [1.165, 1.54) is 32.1 Å². The monoisotopic (exact) mass is 293 g/mol. The van der Waals surface area contributed by atoms with E-state index in [0.29, 0.717) is 5.01 Å². The first kappa shape index (κ1) is 21.2. The molecule has 5 heteroatoms. The lowest BCUT2D eigenvalue weighted by atomic mass is 10.2. The van der Waals surface area contributed by atoms with Crippen LogP contribution in [0, 0.1) is 0 Å². The molecule has 21 heavy (non-hydrogen) atoms. The van der Waals surface area contributed by atoms with Crippen molar-refractivity contribution in [3.8, 4) is 0 Å². The number of para-hydroxylation sites is 1. The van der Waals surface area contributed by atoms with Crippen molar-refractivity contribution in [3.05, 3.63) is 43.0 Å². The van der Waals surface area contributed by atoms with Crippen molar-refractivity contribution in [3.63, 3.8) is 0 Å². The van der Waals surface area contributed by atoms with Crippen LogP contribution in [-0.2, 0) is 9.59 Å². The molecule has 0 unspecified atom stereocenters. The van der Waals surface area contributed by atoms with Crippen LogP contribution in [0.3, 0.4) is 0 Å². The number of rotatable bonds is 7. The molecule has 1 rings (SSSR count). The Labute approximate surface area is 127 Å². The number of nitrogens with zero attached hydrogens (tertiary/aromatic N) is 1. The minimum absolute atomic E-state index is 0.215. The van der Waals surface area contributed by atoms with E-state index in [2.05, 4.69) is 19.3 Å². The van der Waals surface area contributed by atoms with Crippen molar-refractivity contribution in [2.45, 2.75) is 39.0 Å². The normalized spacial score (nSPS) is 8.29. The van der Waals surface area contributed by atoms with Gasteiger partial charge in [-0.25, -0.2) is 10.9 Å². The molecule has 0 aliphatic carbocycles. The summed E-state index contributed by atoms with van der Waals surface area (Å²) < 4.78 is 0. The third-order valence-corrected chi connectivity index (χ3v) is 2.30. The molecule has 2 amide bonds. The lowest BCUT2D eigenvalue weighted by Crippen LogP contribution is -2.26. The summed E-state index contributed by atoms with van der Waals surface area (Å²) in [4.78, 5) is 18.6. The SMILES string of the molecule is C=CCCCCCC.NN(C=O)C=O.Nc1ccccc1. The number of hydrazine groups is 1. The molecule has 5 nitrogen and oxygen atoms in total. The highest BCUT2D eigenvalue weighted by Crippen LogP contribution is 2.01. The molecule has 4 N–H and O–H groups in total. The van der Waals surface area contributed by atoms with Gasteiger partial charge in [0, 0.05) is 5.69 Å². The van der Waals surface area contributed by atoms with Gasteiger partial charge in [0.15, 0.2) is 0 Å². The molecule has 0 radical (unpaired) electrons. The van der Waals surface area contributed by atoms with Crippen LogP contribution >= 0.6 is 0 Å². The number of carbonyl (C=O) groups excluding carboxylic acids is 2. The van der Waals surface area contributed by atoms with Crippen molar-refractivity contribution in [2.75, 3.05) is 5.73 Å². The van der Waals surface area contributed by atoms with Gasteiger partial charge in [0.2, 0.25) is 12.8 Å². The summed E-state index contributed by atoms with van der Waals surface area (Å²) in [5.74, 6) is 4.57. The molecule has 0 aliphatic rings. The molecule has 118 valence electrons. The maximum atomic E-state index is 9.31. The highest BCUT2D eigenvalue weighted by atomic mass is 16.2. The summed E-state index contributed by atoms with van der Waals surface area (Å²) in [6.07, 6.45) is 9.04. The predicted molar refractivity (Wildman–Crippen MR) is 88.0 cm³/mol. The molecular formula is C16H27N3O2. The lowest BCUT2D eigenvalue weighted by molar-refractivity contribution is -0.129. The van der Waals surface area contributed by atoms with Gasteiger partial charge < -0.3 is 5.73 Å². The number of benzene rings is 1. The second kappa shape index (κ2) is 17.9. The minimum Gasteiger partial charge on any atom is -0.399 e. The maximum Gasteiger partial charge on any atom is 0.230 e. The van der Waals surface area contributed by atoms with E-state index in [4.69, 9.17) is 5.73 Å². The molecule has 0 heterocycles. The quantitative estimate of drug-likeness (QED) is 0.154. The first-order valence-corrected chi connectivity index (χ1v) is 6.97. The Balaban J connectivity index is 0. The van der Waals surface area contributed by atoms with E-state index in [1.54, 1.807) is 0 Å². The zero-order valence-corrected chi connectivity index (χ0v) is 12.8. The Kier molecular flexibility index (Phi) is 18.0. The van der Waals surface area contributed by atoms with Gasteiger partial charge in [-0.15, -0.1) is 6.58 Å². The summed E-state index contributed by atoms with van der Waals surface area (Å²) in [5.41, 5.74) is 6.18. The second-order valence-electron chi connectivity index (χ2n) is 4.21. The number of hydrogen-bond acceptors (Lipinski definition) is 4. The molecule has 0 atom stereocenters. The third-order valence-electron chi connectivity index (χ3n) is 2.30. The molecule has 0 bridgehead atoms. The topological polar surface area (TPSA) is 89.4 Å². The Morgan fingerprint density at radius 2 is 1.67 bits per heavy atom. The summed E-state index contributed by atoms with van der Waals surface area (Å²) in [5, 5.41) is 0.389. The van der Waals surface area contributed by atoms with Crippen LogP contribution in [0.2, 0.25) is 0 Å². The van der Waals surface area contributed by atoms with Crippen molar-refractivity contribution >= 4 is 18.5 Å². The van der Waals surface area contributed by atoms with E-state index in [0.717, 1.165) is 5.69 Å². The van der Waals surface area contributed by atoms with Gasteiger partial charge in [-0.05, 0) is 25.0 Å². The fourth-order valence-corrected chi connectivity index (χ4v) is 1.19. The van der Waals surface area contributed by atoms with Crippen LogP contribution in [-0.4, -0.2) is 17.8 Å². The highest BCUT2D eigenvalue weighted by Gasteiger charge is 1.81. The van der Waals surface area contributed by atoms with Crippen molar-refractivity contribution in [1.29, 1.82) is 0 Å². The summed E-state index contributed by atoms with van der Waals surface area (Å²) in [6, 6.07) is 9.49. The molecule has 0 saturated heterocycles. The van der Waals surface area contributed by atoms with Crippen LogP contribution in [0.25, 0.3) is 0 Å². The van der Waals surface area contributed by atoms with E-state index in [9.17, 15) is 9.59 Å². The summed E-state index contributed by atoms with van der Waals surface area (Å²) >= 11 is 0. The zero-order valence-electron chi connectivity index (χ0n) is 12.8. The minimum atomic E-state index is 0.215. The van der Waals surface area contributed by atoms with Crippen LogP contribution in [0.1, 0.15) is 39.0 Å². The fourth-order valence-electron chi connectivity index (χ4n) is 1.19. The average Bonchev–Trinajstić information content (AvgIpc) is 2.53. The number of nitrogen functional groups attached to an aromatic ring is 1. The average molecular weight is 293 g/mol. The maximum absolute atomic E-state index is 9.31. The standard InChI is InChI=1S/C8H16.C6H7N.C2H4N2O2/c1-3-5-7-8-6-4-2;7-6-4-2-1-3-5-6;3-4(1-5)2-6/h3H,1,4-8H2,2H3;1-5H,7H2;1-2H,3H2. The molecular weight excluding hydrogens is 266 g/mol. The van der Waals surface area contributed by atoms with Gasteiger partial charge in [-0.1, -0.05) is 50.5 Å². The number of allylic oxidation sites excluding steroid dienone is 1. The number of amides is 2. The van der Waals surface area contributed by atoms with E-state index < -0.39 is 0 Å². The van der Waals surface area contributed by atoms with Crippen molar-refractivity contribution < 1.29 is 9.59 Å². The number of anilines is 1. The van der Waals surface area contributed by atoms with E-state index in [1.807, 2.05) is 36.4 Å². The summed E-state index contributed by atoms with van der Waals surface area (Å²) in [6.45, 7) is 5.89. The number of hydrogen-bond donors (Lipinski definition) is 2. The van der Waals surface area contributed by atoms with Crippen LogP contribution < -0.4 is 11.6 Å². The largest absolute Gasteiger partial charge is 0.399 e. The molecule has 0 spiro atoms. The second-order valence-corrected chi connectivity index (χ2v) is 4.21. The van der Waals surface area contributed by atoms with E-state index in [-0.39, 0.29) is 12.8 Å². The Morgan fingerprint density at radius 3 is 1.95 bits per heavy atom. The Hall–Kier alpha value is -2.14. The van der Waals surface area contributed by atoms with Crippen LogP contribution in [0.4, 0.5) is 5.69 Å². The zero-order chi connectivity index (χ0) is 16.3. The van der Waals surface area contributed by atoms with Gasteiger partial charge in [-0.2, -0.15) is 0 Å². The van der Waals surface area contributed by atoms with Crippen LogP contribution in [0.15, 0.2) is 43.0 Å². The third kappa shape index (κ3) is 20.3. The van der Waals surface area contributed by atoms with Crippen molar-refractivity contribution in [2.24, 2.45) is 5.84 Å². The van der Waals surface area contributed by atoms with Gasteiger partial charge in [-0.3, -0.25) is 9.59 Å². The smallest absolute Gasteiger partial charge is 0.230 e. The summed E-state index contributed by atoms with van der Waals surface area (Å²) in [7, 11) is 0. The molecule has 1 aromatic rings. The number of carbonyl (C=O) groups is 2. The van der Waals surface area contributed by atoms with E-state index >= 15 is 0 Å². The Bertz CT molecular complexity index is 348. The molecule has 0 saturated carbocycles. The fraction of sp³-hybridized carbons (Fsp3) is 0.375. The first-order valence-electron chi connectivity index (χ1n) is 6.97. The molecule has 0 aromatic heterocycles.